The molecule has 0 amide bonds. The van der Waals surface area contributed by atoms with Crippen LogP contribution >= 0.6 is 0 Å². The Labute approximate surface area is 92.9 Å². The fourth-order valence-corrected chi connectivity index (χ4v) is 2.28. The lowest BCUT2D eigenvalue weighted by Crippen LogP contribution is -2.39. The quantitative estimate of drug-likeness (QED) is 0.504. The van der Waals surface area contributed by atoms with Gasteiger partial charge in [0.2, 0.25) is 0 Å². The molecule has 1 fully saturated rings. The third-order valence-corrected chi connectivity index (χ3v) is 3.19. The van der Waals surface area contributed by atoms with E-state index in [1.807, 2.05) is 0 Å². The molecule has 4 heteroatoms. The van der Waals surface area contributed by atoms with Crippen LogP contribution in [0.5, 0.6) is 0 Å². The number of nitrogens with two attached hydrogens (primary N) is 1. The van der Waals surface area contributed by atoms with Crippen LogP contribution in [-0.2, 0) is 0 Å². The predicted octanol–water partition coefficient (Wildman–Crippen LogP) is 0.729. The third-order valence-electron chi connectivity index (χ3n) is 3.19. The zero-order valence-electron chi connectivity index (χ0n) is 10.00. The SMILES string of the molecule is CCN1CCCC1CN(C)CCC(=N)N. The fourth-order valence-electron chi connectivity index (χ4n) is 2.28. The van der Waals surface area contributed by atoms with Gasteiger partial charge < -0.3 is 10.6 Å². The number of rotatable bonds is 6. The number of amidine groups is 1. The summed E-state index contributed by atoms with van der Waals surface area (Å²) in [7, 11) is 2.12. The van der Waals surface area contributed by atoms with Crippen molar-refractivity contribution in [2.75, 3.05) is 33.2 Å². The second-order valence-electron chi connectivity index (χ2n) is 4.46. The average molecular weight is 212 g/mol. The summed E-state index contributed by atoms with van der Waals surface area (Å²) in [5.74, 6) is 0.292. The van der Waals surface area contributed by atoms with E-state index in [0.29, 0.717) is 18.3 Å². The van der Waals surface area contributed by atoms with Crippen molar-refractivity contribution in [1.82, 2.24) is 9.80 Å². The number of likely N-dealkylation sites (tertiary alicyclic amines) is 1. The normalized spacial score (nSPS) is 22.5. The molecule has 0 aliphatic carbocycles. The molecule has 1 unspecified atom stereocenters. The summed E-state index contributed by atoms with van der Waals surface area (Å²) in [4.78, 5) is 4.84. The molecule has 88 valence electrons. The van der Waals surface area contributed by atoms with Crippen LogP contribution in [0.4, 0.5) is 0 Å². The van der Waals surface area contributed by atoms with E-state index in [2.05, 4.69) is 23.8 Å². The van der Waals surface area contributed by atoms with E-state index in [1.54, 1.807) is 0 Å². The van der Waals surface area contributed by atoms with Gasteiger partial charge in [-0.05, 0) is 33.0 Å². The van der Waals surface area contributed by atoms with Gasteiger partial charge in [0.15, 0.2) is 0 Å². The number of nitrogens with one attached hydrogen (secondary N) is 1. The Hall–Kier alpha value is -0.610. The molecule has 0 spiro atoms. The van der Waals surface area contributed by atoms with Crippen LogP contribution in [-0.4, -0.2) is 54.9 Å². The minimum atomic E-state index is 0.292. The maximum absolute atomic E-state index is 7.19. The second kappa shape index (κ2) is 6.08. The van der Waals surface area contributed by atoms with Gasteiger partial charge in [-0.15, -0.1) is 0 Å². The minimum absolute atomic E-state index is 0.292. The van der Waals surface area contributed by atoms with Crippen molar-refractivity contribution in [3.8, 4) is 0 Å². The number of hydrogen-bond acceptors (Lipinski definition) is 3. The van der Waals surface area contributed by atoms with E-state index in [0.717, 1.165) is 19.6 Å². The highest BCUT2D eigenvalue weighted by Gasteiger charge is 2.23. The van der Waals surface area contributed by atoms with Gasteiger partial charge in [0.1, 0.15) is 0 Å². The molecule has 1 aliphatic rings. The van der Waals surface area contributed by atoms with Crippen molar-refractivity contribution < 1.29 is 0 Å². The smallest absolute Gasteiger partial charge is 0.0918 e. The molecule has 0 aromatic heterocycles. The lowest BCUT2D eigenvalue weighted by molar-refractivity contribution is 0.201. The first kappa shape index (κ1) is 12.5. The molecule has 0 bridgehead atoms. The van der Waals surface area contributed by atoms with Crippen LogP contribution in [0.1, 0.15) is 26.2 Å². The van der Waals surface area contributed by atoms with Gasteiger partial charge in [0, 0.05) is 25.6 Å². The van der Waals surface area contributed by atoms with Crippen molar-refractivity contribution in [2.45, 2.75) is 32.2 Å². The Balaban J connectivity index is 2.24. The van der Waals surface area contributed by atoms with Gasteiger partial charge in [-0.1, -0.05) is 6.92 Å². The van der Waals surface area contributed by atoms with E-state index in [4.69, 9.17) is 11.1 Å². The summed E-state index contributed by atoms with van der Waals surface area (Å²) >= 11 is 0. The summed E-state index contributed by atoms with van der Waals surface area (Å²) in [6, 6.07) is 0.715. The van der Waals surface area contributed by atoms with E-state index in [-0.39, 0.29) is 0 Å². The Kier molecular flexibility index (Phi) is 5.05. The highest BCUT2D eigenvalue weighted by molar-refractivity contribution is 5.76. The molecule has 4 nitrogen and oxygen atoms in total. The lowest BCUT2D eigenvalue weighted by Gasteiger charge is -2.27. The molecule has 15 heavy (non-hydrogen) atoms. The van der Waals surface area contributed by atoms with Crippen molar-refractivity contribution in [2.24, 2.45) is 5.73 Å². The Morgan fingerprint density at radius 3 is 2.93 bits per heavy atom. The van der Waals surface area contributed by atoms with Crippen LogP contribution in [0.3, 0.4) is 0 Å². The monoisotopic (exact) mass is 212 g/mol. The van der Waals surface area contributed by atoms with Crippen molar-refractivity contribution in [3.63, 3.8) is 0 Å². The van der Waals surface area contributed by atoms with Crippen molar-refractivity contribution in [3.05, 3.63) is 0 Å². The van der Waals surface area contributed by atoms with Crippen LogP contribution in [0.25, 0.3) is 0 Å². The summed E-state index contributed by atoms with van der Waals surface area (Å²) in [5, 5.41) is 7.19. The molecule has 0 saturated carbocycles. The molecule has 1 atom stereocenters. The standard InChI is InChI=1S/C11H24N4/c1-3-15-7-4-5-10(15)9-14(2)8-6-11(12)13/h10H,3-9H2,1-2H3,(H3,12,13). The summed E-state index contributed by atoms with van der Waals surface area (Å²) < 4.78 is 0. The topological polar surface area (TPSA) is 56.4 Å². The Morgan fingerprint density at radius 1 is 1.60 bits per heavy atom. The first-order chi connectivity index (χ1) is 7.13. The average Bonchev–Trinajstić information content (AvgIpc) is 2.62. The highest BCUT2D eigenvalue weighted by Crippen LogP contribution is 2.17. The zero-order valence-corrected chi connectivity index (χ0v) is 10.00. The summed E-state index contributed by atoms with van der Waals surface area (Å²) in [6.07, 6.45) is 3.34. The predicted molar refractivity (Wildman–Crippen MR) is 64.3 cm³/mol. The maximum Gasteiger partial charge on any atom is 0.0918 e. The lowest BCUT2D eigenvalue weighted by atomic mass is 10.2. The fraction of sp³-hybridized carbons (Fsp3) is 0.909. The Morgan fingerprint density at radius 2 is 2.33 bits per heavy atom. The molecule has 1 saturated heterocycles. The van der Waals surface area contributed by atoms with E-state index in [9.17, 15) is 0 Å². The van der Waals surface area contributed by atoms with Gasteiger partial charge in [0.05, 0.1) is 5.84 Å². The van der Waals surface area contributed by atoms with E-state index >= 15 is 0 Å². The summed E-state index contributed by atoms with van der Waals surface area (Å²) in [6.45, 7) is 6.66. The number of likely N-dealkylation sites (N-methyl/N-ethyl adjacent to an activating group) is 2. The summed E-state index contributed by atoms with van der Waals surface area (Å²) in [5.41, 5.74) is 5.35. The van der Waals surface area contributed by atoms with Gasteiger partial charge >= 0.3 is 0 Å². The van der Waals surface area contributed by atoms with Crippen molar-refractivity contribution in [1.29, 1.82) is 5.41 Å². The molecule has 0 aromatic rings. The van der Waals surface area contributed by atoms with E-state index < -0.39 is 0 Å². The van der Waals surface area contributed by atoms with Gasteiger partial charge in [-0.3, -0.25) is 10.3 Å². The molecule has 0 aromatic carbocycles. The van der Waals surface area contributed by atoms with E-state index in [1.165, 1.54) is 19.4 Å². The first-order valence-electron chi connectivity index (χ1n) is 5.89. The maximum atomic E-state index is 7.19. The van der Waals surface area contributed by atoms with Crippen molar-refractivity contribution >= 4 is 5.84 Å². The van der Waals surface area contributed by atoms with Gasteiger partial charge in [-0.2, -0.15) is 0 Å². The number of hydrogen-bond donors (Lipinski definition) is 2. The Bertz CT molecular complexity index is 205. The highest BCUT2D eigenvalue weighted by atomic mass is 15.2. The first-order valence-corrected chi connectivity index (χ1v) is 5.89. The molecule has 1 heterocycles. The van der Waals surface area contributed by atoms with Gasteiger partial charge in [0.25, 0.3) is 0 Å². The van der Waals surface area contributed by atoms with Crippen LogP contribution in [0.15, 0.2) is 0 Å². The van der Waals surface area contributed by atoms with Gasteiger partial charge in [-0.25, -0.2) is 0 Å². The van der Waals surface area contributed by atoms with Crippen LogP contribution < -0.4 is 5.73 Å². The molecule has 1 aliphatic heterocycles. The third kappa shape index (κ3) is 4.18. The molecule has 1 rings (SSSR count). The molecular weight excluding hydrogens is 188 g/mol. The van der Waals surface area contributed by atoms with Crippen LogP contribution in [0, 0.1) is 5.41 Å². The second-order valence-corrected chi connectivity index (χ2v) is 4.46. The zero-order chi connectivity index (χ0) is 11.3. The largest absolute Gasteiger partial charge is 0.388 e. The number of nitrogens with zero attached hydrogens (tertiary/aromatic N) is 2. The molecule has 3 N–H and O–H groups in total. The molecule has 0 radical (unpaired) electrons. The van der Waals surface area contributed by atoms with Crippen LogP contribution in [0.2, 0.25) is 0 Å². The molecular formula is C11H24N4. The minimum Gasteiger partial charge on any atom is -0.388 e.